The number of carbonyl (C=O) groups is 1. The van der Waals surface area contributed by atoms with E-state index >= 15 is 0 Å². The molecule has 1 heterocycles. The number of hydrogen-bond acceptors (Lipinski definition) is 2. The third kappa shape index (κ3) is 3.10. The van der Waals surface area contributed by atoms with E-state index in [0.29, 0.717) is 6.54 Å². The molecule has 0 bridgehead atoms. The van der Waals surface area contributed by atoms with Gasteiger partial charge in [-0.05, 0) is 44.2 Å². The van der Waals surface area contributed by atoms with Crippen molar-refractivity contribution in [3.63, 3.8) is 0 Å². The van der Waals surface area contributed by atoms with E-state index in [2.05, 4.69) is 18.0 Å². The Morgan fingerprint density at radius 3 is 3.00 bits per heavy atom. The van der Waals surface area contributed by atoms with Crippen LogP contribution in [0.2, 0.25) is 0 Å². The zero-order valence-corrected chi connectivity index (χ0v) is 11.6. The average molecular weight is 261 g/mol. The van der Waals surface area contributed by atoms with Crippen LogP contribution in [0.25, 0.3) is 0 Å². The van der Waals surface area contributed by atoms with Gasteiger partial charge in [-0.15, -0.1) is 11.3 Å². The van der Waals surface area contributed by atoms with E-state index in [1.54, 1.807) is 17.4 Å². The molecule has 18 heavy (non-hydrogen) atoms. The molecule has 1 N–H and O–H groups in total. The van der Waals surface area contributed by atoms with E-state index in [-0.39, 0.29) is 5.91 Å². The van der Waals surface area contributed by atoms with Crippen LogP contribution in [0, 0.1) is 0 Å². The monoisotopic (exact) mass is 261 g/mol. The zero-order valence-electron chi connectivity index (χ0n) is 10.8. The summed E-state index contributed by atoms with van der Waals surface area (Å²) in [6.07, 6.45) is 8.45. The second-order valence-corrected chi connectivity index (χ2v) is 5.83. The van der Waals surface area contributed by atoms with Crippen LogP contribution >= 0.6 is 11.3 Å². The molecule has 1 aliphatic carbocycles. The number of thiophene rings is 1. The van der Waals surface area contributed by atoms with Gasteiger partial charge in [-0.2, -0.15) is 0 Å². The summed E-state index contributed by atoms with van der Waals surface area (Å²) in [5.74, 6) is 0.0474. The van der Waals surface area contributed by atoms with E-state index < -0.39 is 0 Å². The molecule has 2 nitrogen and oxygen atoms in total. The molecule has 0 saturated carbocycles. The lowest BCUT2D eigenvalue weighted by Gasteiger charge is -2.08. The van der Waals surface area contributed by atoms with Gasteiger partial charge < -0.3 is 5.32 Å². The standard InChI is InChI=1S/C15H19NOS/c1-3-6-11(2)10-16-15(17)14-9-12-7-4-5-8-13(12)18-14/h3,6,9H,1,4-5,7-8,10H2,2H3,(H,16,17)/b11-6+. The molecule has 0 radical (unpaired) electrons. The first-order valence-corrected chi connectivity index (χ1v) is 7.20. The van der Waals surface area contributed by atoms with Crippen molar-refractivity contribution >= 4 is 17.2 Å². The summed E-state index contributed by atoms with van der Waals surface area (Å²) in [5, 5.41) is 2.95. The van der Waals surface area contributed by atoms with Gasteiger partial charge in [-0.1, -0.05) is 24.3 Å². The van der Waals surface area contributed by atoms with Gasteiger partial charge in [-0.3, -0.25) is 4.79 Å². The van der Waals surface area contributed by atoms with Crippen molar-refractivity contribution in [3.05, 3.63) is 45.7 Å². The van der Waals surface area contributed by atoms with Gasteiger partial charge in [0.2, 0.25) is 0 Å². The molecule has 2 rings (SSSR count). The molecule has 0 fully saturated rings. The van der Waals surface area contributed by atoms with Crippen molar-refractivity contribution in [2.45, 2.75) is 32.6 Å². The van der Waals surface area contributed by atoms with Crippen LogP contribution in [0.1, 0.15) is 39.9 Å². The fourth-order valence-electron chi connectivity index (χ4n) is 2.17. The first-order valence-electron chi connectivity index (χ1n) is 6.38. The maximum absolute atomic E-state index is 12.0. The number of rotatable bonds is 4. The molecule has 1 amide bonds. The smallest absolute Gasteiger partial charge is 0.261 e. The molecule has 1 aromatic heterocycles. The fraction of sp³-hybridized carbons (Fsp3) is 0.400. The van der Waals surface area contributed by atoms with E-state index in [0.717, 1.165) is 23.3 Å². The summed E-state index contributed by atoms with van der Waals surface area (Å²) in [6, 6.07) is 2.07. The normalized spacial score (nSPS) is 15.1. The minimum atomic E-state index is 0.0474. The molecule has 0 atom stereocenters. The van der Waals surface area contributed by atoms with Crippen molar-refractivity contribution in [1.82, 2.24) is 5.32 Å². The van der Waals surface area contributed by atoms with Gasteiger partial charge >= 0.3 is 0 Å². The lowest BCUT2D eigenvalue weighted by atomic mass is 9.99. The Morgan fingerprint density at radius 1 is 1.50 bits per heavy atom. The molecule has 0 saturated heterocycles. The first kappa shape index (κ1) is 13.1. The summed E-state index contributed by atoms with van der Waals surface area (Å²) in [5.41, 5.74) is 2.49. The Balaban J connectivity index is 1.99. The summed E-state index contributed by atoms with van der Waals surface area (Å²) in [4.78, 5) is 14.3. The zero-order chi connectivity index (χ0) is 13.0. The van der Waals surface area contributed by atoms with Crippen LogP contribution in [0.5, 0.6) is 0 Å². The van der Waals surface area contributed by atoms with Crippen LogP contribution in [0.3, 0.4) is 0 Å². The van der Waals surface area contributed by atoms with Crippen molar-refractivity contribution in [2.24, 2.45) is 0 Å². The predicted molar refractivity (Wildman–Crippen MR) is 77.2 cm³/mol. The lowest BCUT2D eigenvalue weighted by Crippen LogP contribution is -2.24. The molecule has 0 unspecified atom stereocenters. The van der Waals surface area contributed by atoms with Crippen molar-refractivity contribution in [3.8, 4) is 0 Å². The lowest BCUT2D eigenvalue weighted by molar-refractivity contribution is 0.0961. The Hall–Kier alpha value is -1.35. The topological polar surface area (TPSA) is 29.1 Å². The quantitative estimate of drug-likeness (QED) is 0.826. The van der Waals surface area contributed by atoms with Crippen molar-refractivity contribution in [2.75, 3.05) is 6.54 Å². The first-order chi connectivity index (χ1) is 8.70. The maximum Gasteiger partial charge on any atom is 0.261 e. The van der Waals surface area contributed by atoms with Gasteiger partial charge in [0.05, 0.1) is 4.88 Å². The van der Waals surface area contributed by atoms with Crippen LogP contribution in [-0.2, 0) is 12.8 Å². The van der Waals surface area contributed by atoms with Crippen LogP contribution < -0.4 is 5.32 Å². The van der Waals surface area contributed by atoms with Crippen LogP contribution in [-0.4, -0.2) is 12.5 Å². The largest absolute Gasteiger partial charge is 0.348 e. The van der Waals surface area contributed by atoms with E-state index in [4.69, 9.17) is 0 Å². The van der Waals surface area contributed by atoms with Gasteiger partial charge in [0.1, 0.15) is 0 Å². The third-order valence-electron chi connectivity index (χ3n) is 3.15. The highest BCUT2D eigenvalue weighted by molar-refractivity contribution is 7.14. The molecule has 0 spiro atoms. The summed E-state index contributed by atoms with van der Waals surface area (Å²) in [6.45, 7) is 6.22. The second kappa shape index (κ2) is 6.01. The van der Waals surface area contributed by atoms with Gasteiger partial charge in [0.25, 0.3) is 5.91 Å². The summed E-state index contributed by atoms with van der Waals surface area (Å²) >= 11 is 1.66. The minimum absolute atomic E-state index is 0.0474. The molecule has 0 aromatic carbocycles. The van der Waals surface area contributed by atoms with Gasteiger partial charge in [-0.25, -0.2) is 0 Å². The van der Waals surface area contributed by atoms with E-state index in [9.17, 15) is 4.79 Å². The Labute approximate surface area is 112 Å². The predicted octanol–water partition coefficient (Wildman–Crippen LogP) is 3.49. The average Bonchev–Trinajstić information content (AvgIpc) is 2.80. The number of allylic oxidation sites excluding steroid dienone is 2. The number of nitrogens with one attached hydrogen (secondary N) is 1. The minimum Gasteiger partial charge on any atom is -0.348 e. The third-order valence-corrected chi connectivity index (χ3v) is 4.39. The molecular formula is C15H19NOS. The molecule has 3 heteroatoms. The molecule has 1 aliphatic rings. The van der Waals surface area contributed by atoms with Gasteiger partial charge in [0, 0.05) is 11.4 Å². The number of fused-ring (bicyclic) bond motifs is 1. The SMILES string of the molecule is C=C/C=C(\C)CNC(=O)c1cc2c(s1)CCCC2. The highest BCUT2D eigenvalue weighted by Gasteiger charge is 2.16. The Morgan fingerprint density at radius 2 is 2.28 bits per heavy atom. The number of aryl methyl sites for hydroxylation is 2. The maximum atomic E-state index is 12.0. The second-order valence-electron chi connectivity index (χ2n) is 4.70. The Bertz CT molecular complexity index is 461. The van der Waals surface area contributed by atoms with Crippen molar-refractivity contribution < 1.29 is 4.79 Å². The van der Waals surface area contributed by atoms with Crippen LogP contribution in [0.15, 0.2) is 30.4 Å². The van der Waals surface area contributed by atoms with Crippen LogP contribution in [0.4, 0.5) is 0 Å². The highest BCUT2D eigenvalue weighted by atomic mass is 32.1. The van der Waals surface area contributed by atoms with Crippen molar-refractivity contribution in [1.29, 1.82) is 0 Å². The number of amides is 1. The van der Waals surface area contributed by atoms with E-state index in [1.165, 1.54) is 23.3 Å². The van der Waals surface area contributed by atoms with E-state index in [1.807, 2.05) is 13.0 Å². The number of hydrogen-bond donors (Lipinski definition) is 1. The summed E-state index contributed by atoms with van der Waals surface area (Å²) in [7, 11) is 0. The molecule has 1 aromatic rings. The van der Waals surface area contributed by atoms with Gasteiger partial charge in [0.15, 0.2) is 0 Å². The highest BCUT2D eigenvalue weighted by Crippen LogP contribution is 2.29. The molecular weight excluding hydrogens is 242 g/mol. The summed E-state index contributed by atoms with van der Waals surface area (Å²) < 4.78 is 0. The number of carbonyl (C=O) groups excluding carboxylic acids is 1. The molecule has 96 valence electrons. The molecule has 0 aliphatic heterocycles. The fourth-order valence-corrected chi connectivity index (χ4v) is 3.34. The Kier molecular flexibility index (Phi) is 4.37.